The van der Waals surface area contributed by atoms with E-state index in [9.17, 15) is 5.11 Å². The average Bonchev–Trinajstić information content (AvgIpc) is 2.55. The topological polar surface area (TPSA) is 60.8 Å². The van der Waals surface area contributed by atoms with Gasteiger partial charge in [-0.2, -0.15) is 11.8 Å². The Balaban J connectivity index is 2.03. The average molecular weight is 346 g/mol. The van der Waals surface area contributed by atoms with Crippen molar-refractivity contribution in [2.45, 2.75) is 30.9 Å². The minimum atomic E-state index is -1.99. The number of thioether (sulfide) groups is 1. The van der Waals surface area contributed by atoms with E-state index in [2.05, 4.69) is 4.98 Å². The van der Waals surface area contributed by atoms with Gasteiger partial charge in [0.25, 0.3) is 0 Å². The molecule has 0 spiro atoms. The summed E-state index contributed by atoms with van der Waals surface area (Å²) < 4.78 is 16.3. The van der Waals surface area contributed by atoms with Crippen molar-refractivity contribution >= 4 is 20.3 Å². The molecule has 7 heteroatoms. The molecule has 0 saturated carbocycles. The third-order valence-electron chi connectivity index (χ3n) is 3.38. The molecule has 1 atom stereocenters. The lowest BCUT2D eigenvalue weighted by Gasteiger charge is -2.22. The van der Waals surface area contributed by atoms with E-state index in [1.165, 1.54) is 0 Å². The summed E-state index contributed by atoms with van der Waals surface area (Å²) >= 11 is 1.66. The van der Waals surface area contributed by atoms with Gasteiger partial charge in [-0.05, 0) is 31.1 Å². The molecule has 0 radical (unpaired) electrons. The van der Waals surface area contributed by atoms with Gasteiger partial charge in [-0.1, -0.05) is 6.07 Å². The Morgan fingerprint density at radius 2 is 2.09 bits per heavy atom. The van der Waals surface area contributed by atoms with Crippen LogP contribution in [-0.4, -0.2) is 57.9 Å². The maximum absolute atomic E-state index is 9.87. The van der Waals surface area contributed by atoms with Crippen LogP contribution in [0.2, 0.25) is 12.6 Å². The zero-order valence-electron chi connectivity index (χ0n) is 13.7. The van der Waals surface area contributed by atoms with E-state index >= 15 is 0 Å². The maximum atomic E-state index is 9.87. The molecule has 0 aliphatic rings. The van der Waals surface area contributed by atoms with Crippen molar-refractivity contribution in [1.29, 1.82) is 0 Å². The SMILES string of the molecule is CO[Si](C)(CCCOCC(O)CSCc1ccccn1)OC. The molecule has 126 valence electrons. The lowest BCUT2D eigenvalue weighted by atomic mass is 10.4. The van der Waals surface area contributed by atoms with E-state index in [0.717, 1.165) is 23.9 Å². The molecular weight excluding hydrogens is 318 g/mol. The molecule has 0 bridgehead atoms. The molecule has 1 aromatic rings. The Bertz CT molecular complexity index is 392. The van der Waals surface area contributed by atoms with Crippen LogP contribution in [0.4, 0.5) is 0 Å². The van der Waals surface area contributed by atoms with Crippen molar-refractivity contribution in [1.82, 2.24) is 4.98 Å². The third kappa shape index (κ3) is 8.26. The molecule has 0 amide bonds. The van der Waals surface area contributed by atoms with E-state index in [1.807, 2.05) is 24.7 Å². The normalized spacial score (nSPS) is 13.3. The largest absolute Gasteiger partial charge is 0.398 e. The van der Waals surface area contributed by atoms with Crippen molar-refractivity contribution in [3.05, 3.63) is 30.1 Å². The molecule has 0 aliphatic carbocycles. The van der Waals surface area contributed by atoms with Crippen LogP contribution in [0.5, 0.6) is 0 Å². The molecule has 0 saturated heterocycles. The summed E-state index contributed by atoms with van der Waals surface area (Å²) in [5.41, 5.74) is 1.03. The lowest BCUT2D eigenvalue weighted by Crippen LogP contribution is -2.36. The summed E-state index contributed by atoms with van der Waals surface area (Å²) in [6, 6.07) is 6.75. The van der Waals surface area contributed by atoms with Crippen LogP contribution in [0.25, 0.3) is 0 Å². The number of hydrogen-bond acceptors (Lipinski definition) is 6. The number of aliphatic hydroxyl groups is 1. The molecule has 1 heterocycles. The zero-order chi connectivity index (χ0) is 16.3. The van der Waals surface area contributed by atoms with Gasteiger partial charge in [0.15, 0.2) is 0 Å². The van der Waals surface area contributed by atoms with Crippen LogP contribution in [0, 0.1) is 0 Å². The first-order chi connectivity index (χ1) is 10.6. The molecule has 22 heavy (non-hydrogen) atoms. The molecule has 1 aromatic heterocycles. The van der Waals surface area contributed by atoms with Crippen molar-refractivity contribution in [2.75, 3.05) is 33.2 Å². The Labute approximate surface area is 138 Å². The van der Waals surface area contributed by atoms with Gasteiger partial charge in [-0.15, -0.1) is 0 Å². The number of hydrogen-bond donors (Lipinski definition) is 1. The number of aliphatic hydroxyl groups excluding tert-OH is 1. The smallest absolute Gasteiger partial charge is 0.334 e. The van der Waals surface area contributed by atoms with Gasteiger partial charge in [-0.25, -0.2) is 0 Å². The second-order valence-corrected chi connectivity index (χ2v) is 9.82. The third-order valence-corrected chi connectivity index (χ3v) is 7.49. The van der Waals surface area contributed by atoms with E-state index in [1.54, 1.807) is 32.2 Å². The molecule has 5 nitrogen and oxygen atoms in total. The number of nitrogens with zero attached hydrogens (tertiary/aromatic N) is 1. The number of pyridine rings is 1. The second-order valence-electron chi connectivity index (χ2n) is 5.21. The summed E-state index contributed by atoms with van der Waals surface area (Å²) in [6.07, 6.45) is 2.23. The van der Waals surface area contributed by atoms with E-state index in [-0.39, 0.29) is 0 Å². The molecule has 1 rings (SSSR count). The van der Waals surface area contributed by atoms with E-state index in [4.69, 9.17) is 13.6 Å². The van der Waals surface area contributed by atoms with E-state index in [0.29, 0.717) is 19.0 Å². The lowest BCUT2D eigenvalue weighted by molar-refractivity contribution is 0.0481. The van der Waals surface area contributed by atoms with Gasteiger partial charge in [-0.3, -0.25) is 4.98 Å². The fourth-order valence-corrected chi connectivity index (χ4v) is 4.06. The number of rotatable bonds is 12. The zero-order valence-corrected chi connectivity index (χ0v) is 15.5. The van der Waals surface area contributed by atoms with Gasteiger partial charge >= 0.3 is 8.56 Å². The maximum Gasteiger partial charge on any atom is 0.334 e. The summed E-state index contributed by atoms with van der Waals surface area (Å²) in [4.78, 5) is 4.25. The number of ether oxygens (including phenoxy) is 1. The van der Waals surface area contributed by atoms with Gasteiger partial charge in [0, 0.05) is 38.5 Å². The van der Waals surface area contributed by atoms with Crippen molar-refractivity contribution in [3.8, 4) is 0 Å². The minimum Gasteiger partial charge on any atom is -0.398 e. The highest BCUT2D eigenvalue weighted by Crippen LogP contribution is 2.14. The van der Waals surface area contributed by atoms with Crippen LogP contribution in [0.15, 0.2) is 24.4 Å². The van der Waals surface area contributed by atoms with Crippen molar-refractivity contribution in [3.63, 3.8) is 0 Å². The van der Waals surface area contributed by atoms with Crippen LogP contribution < -0.4 is 0 Å². The Morgan fingerprint density at radius 1 is 1.32 bits per heavy atom. The summed E-state index contributed by atoms with van der Waals surface area (Å²) in [5, 5.41) is 9.87. The molecule has 0 aliphatic heterocycles. The highest BCUT2D eigenvalue weighted by Gasteiger charge is 2.27. The van der Waals surface area contributed by atoms with Crippen LogP contribution in [0.1, 0.15) is 12.1 Å². The Hall–Kier alpha value is -0.443. The first-order valence-electron chi connectivity index (χ1n) is 7.43. The monoisotopic (exact) mass is 345 g/mol. The molecular formula is C15H27NO4SSi. The van der Waals surface area contributed by atoms with Gasteiger partial charge in [0.2, 0.25) is 0 Å². The molecule has 0 fully saturated rings. The highest BCUT2D eigenvalue weighted by atomic mass is 32.2. The fraction of sp³-hybridized carbons (Fsp3) is 0.667. The van der Waals surface area contributed by atoms with Gasteiger partial charge in [0.1, 0.15) is 0 Å². The predicted octanol–water partition coefficient (Wildman–Crippen LogP) is 2.45. The van der Waals surface area contributed by atoms with E-state index < -0.39 is 14.7 Å². The fourth-order valence-electron chi connectivity index (χ4n) is 1.83. The molecule has 0 aromatic carbocycles. The number of aromatic nitrogens is 1. The van der Waals surface area contributed by atoms with Crippen LogP contribution >= 0.6 is 11.8 Å². The second kappa shape index (κ2) is 11.1. The summed E-state index contributed by atoms with van der Waals surface area (Å²) in [6.45, 7) is 3.03. The van der Waals surface area contributed by atoms with Crippen molar-refractivity contribution in [2.24, 2.45) is 0 Å². The Kier molecular flexibility index (Phi) is 9.93. The predicted molar refractivity (Wildman–Crippen MR) is 92.3 cm³/mol. The van der Waals surface area contributed by atoms with Gasteiger partial charge < -0.3 is 18.7 Å². The summed E-state index contributed by atoms with van der Waals surface area (Å²) in [5.74, 6) is 1.46. The quantitative estimate of drug-likeness (QED) is 0.464. The molecule has 1 N–H and O–H groups in total. The van der Waals surface area contributed by atoms with Crippen molar-refractivity contribution < 1.29 is 18.7 Å². The van der Waals surface area contributed by atoms with Gasteiger partial charge in [0.05, 0.1) is 18.4 Å². The standard InChI is InChI=1S/C15H27NO4SSi/c1-18-22(3,19-2)10-6-9-20-11-15(17)13-21-12-14-7-4-5-8-16-14/h4-5,7-8,15,17H,6,9-13H2,1-3H3. The first kappa shape index (κ1) is 19.6. The Morgan fingerprint density at radius 3 is 2.73 bits per heavy atom. The molecule has 1 unspecified atom stereocenters. The first-order valence-corrected chi connectivity index (χ1v) is 11.1. The highest BCUT2D eigenvalue weighted by molar-refractivity contribution is 7.98. The van der Waals surface area contributed by atoms with Crippen LogP contribution in [0.3, 0.4) is 0 Å². The minimum absolute atomic E-state index is 0.369. The summed E-state index contributed by atoms with van der Waals surface area (Å²) in [7, 11) is 1.40. The van der Waals surface area contributed by atoms with Crippen LogP contribution in [-0.2, 0) is 19.3 Å².